The van der Waals surface area contributed by atoms with Crippen molar-refractivity contribution in [3.63, 3.8) is 0 Å². The van der Waals surface area contributed by atoms with Crippen molar-refractivity contribution in [2.75, 3.05) is 4.90 Å². The van der Waals surface area contributed by atoms with Gasteiger partial charge < -0.3 is 0 Å². The third-order valence-electron chi connectivity index (χ3n) is 4.58. The fourth-order valence-electron chi connectivity index (χ4n) is 3.32. The van der Waals surface area contributed by atoms with Gasteiger partial charge in [0.1, 0.15) is 11.6 Å². The summed E-state index contributed by atoms with van der Waals surface area (Å²) >= 11 is 3.43. The van der Waals surface area contributed by atoms with Crippen LogP contribution in [-0.4, -0.2) is 9.97 Å². The van der Waals surface area contributed by atoms with Crippen molar-refractivity contribution < 1.29 is 21.1 Å². The first-order chi connectivity index (χ1) is 14.4. The number of para-hydroxylation sites is 1. The van der Waals surface area contributed by atoms with Crippen LogP contribution in [0.5, 0.6) is 0 Å². The molecule has 0 aliphatic rings. The van der Waals surface area contributed by atoms with Crippen molar-refractivity contribution in [1.82, 2.24) is 9.97 Å². The molecular formula is C24H17N3PtS2+2. The molecule has 0 spiro atoms. The predicted octanol–water partition coefficient (Wildman–Crippen LogP) is 7.40. The number of anilines is 3. The van der Waals surface area contributed by atoms with Crippen LogP contribution in [0, 0.1) is 0 Å². The molecule has 5 rings (SSSR count). The van der Waals surface area contributed by atoms with Crippen molar-refractivity contribution in [1.29, 1.82) is 0 Å². The molecular weight excluding hydrogens is 589 g/mol. The van der Waals surface area contributed by atoms with E-state index in [1.54, 1.807) is 22.7 Å². The SMILES string of the molecule is [Pt+2].c1ccc(N(c2ncccc2-c2cccs2)c2ncccc2-c2cccs2)cc1. The van der Waals surface area contributed by atoms with Gasteiger partial charge in [0, 0.05) is 39.0 Å². The summed E-state index contributed by atoms with van der Waals surface area (Å²) in [7, 11) is 0. The molecule has 0 atom stereocenters. The van der Waals surface area contributed by atoms with E-state index in [1.807, 2.05) is 42.7 Å². The van der Waals surface area contributed by atoms with E-state index in [4.69, 9.17) is 9.97 Å². The first kappa shape index (κ1) is 20.7. The monoisotopic (exact) mass is 606 g/mol. The van der Waals surface area contributed by atoms with E-state index in [9.17, 15) is 0 Å². The second kappa shape index (κ2) is 9.48. The molecule has 0 unspecified atom stereocenters. The zero-order valence-corrected chi connectivity index (χ0v) is 19.7. The number of aromatic nitrogens is 2. The van der Waals surface area contributed by atoms with Crippen LogP contribution in [0.3, 0.4) is 0 Å². The maximum atomic E-state index is 4.81. The minimum Gasteiger partial charge on any atom is -0.278 e. The molecule has 4 heterocycles. The molecule has 0 saturated heterocycles. The molecule has 0 aliphatic heterocycles. The average Bonchev–Trinajstić information content (AvgIpc) is 3.50. The van der Waals surface area contributed by atoms with Crippen LogP contribution in [0.1, 0.15) is 0 Å². The number of nitrogens with zero attached hydrogens (tertiary/aromatic N) is 3. The Balaban J connectivity index is 0.00000218. The van der Waals surface area contributed by atoms with Crippen LogP contribution in [0.2, 0.25) is 0 Å². The topological polar surface area (TPSA) is 29.0 Å². The number of benzene rings is 1. The number of thiophene rings is 2. The molecule has 148 valence electrons. The van der Waals surface area contributed by atoms with Crippen LogP contribution in [-0.2, 0) is 21.1 Å². The maximum Gasteiger partial charge on any atom is 2.00 e. The first-order valence-corrected chi connectivity index (χ1v) is 11.0. The van der Waals surface area contributed by atoms with Gasteiger partial charge in [-0.25, -0.2) is 9.97 Å². The van der Waals surface area contributed by atoms with Crippen LogP contribution < -0.4 is 4.90 Å². The van der Waals surface area contributed by atoms with Crippen molar-refractivity contribution in [2.45, 2.75) is 0 Å². The predicted molar refractivity (Wildman–Crippen MR) is 123 cm³/mol. The quantitative estimate of drug-likeness (QED) is 0.209. The van der Waals surface area contributed by atoms with Crippen LogP contribution in [0.4, 0.5) is 17.3 Å². The first-order valence-electron chi connectivity index (χ1n) is 9.25. The standard InChI is InChI=1S/C24H17N3S2.Pt/c1-2-8-18(9-3-1)27(23-19(10-4-14-25-23)21-12-6-16-28-21)24-20(11-5-15-26-24)22-13-7-17-29-22;/h1-17H;/q;+2. The summed E-state index contributed by atoms with van der Waals surface area (Å²) in [5.74, 6) is 1.75. The summed E-state index contributed by atoms with van der Waals surface area (Å²) in [6.45, 7) is 0. The number of hydrogen-bond acceptors (Lipinski definition) is 5. The molecule has 30 heavy (non-hydrogen) atoms. The second-order valence-corrected chi connectivity index (χ2v) is 8.27. The zero-order valence-electron chi connectivity index (χ0n) is 15.8. The van der Waals surface area contributed by atoms with E-state index in [-0.39, 0.29) is 21.1 Å². The smallest absolute Gasteiger partial charge is 0.278 e. The van der Waals surface area contributed by atoms with Crippen molar-refractivity contribution in [2.24, 2.45) is 0 Å². The third-order valence-corrected chi connectivity index (χ3v) is 6.39. The third kappa shape index (κ3) is 4.01. The summed E-state index contributed by atoms with van der Waals surface area (Å²) in [6, 6.07) is 26.9. The fourth-order valence-corrected chi connectivity index (χ4v) is 4.81. The number of hydrogen-bond donors (Lipinski definition) is 0. The van der Waals surface area contributed by atoms with Gasteiger partial charge in [0.15, 0.2) is 0 Å². The Hall–Kier alpha value is -2.59. The molecule has 0 aliphatic carbocycles. The van der Waals surface area contributed by atoms with Gasteiger partial charge in [-0.1, -0.05) is 30.3 Å². The van der Waals surface area contributed by atoms with E-state index in [0.29, 0.717) is 0 Å². The largest absolute Gasteiger partial charge is 2.00 e. The molecule has 0 saturated carbocycles. The van der Waals surface area contributed by atoms with Gasteiger partial charge in [0.25, 0.3) is 0 Å². The molecule has 5 aromatic rings. The summed E-state index contributed by atoms with van der Waals surface area (Å²) in [4.78, 5) is 14.1. The Morgan fingerprint density at radius 3 is 1.57 bits per heavy atom. The summed E-state index contributed by atoms with van der Waals surface area (Å²) in [6.07, 6.45) is 3.69. The molecule has 0 fully saturated rings. The van der Waals surface area contributed by atoms with Gasteiger partial charge in [0.05, 0.1) is 0 Å². The van der Waals surface area contributed by atoms with Gasteiger partial charge in [-0.2, -0.15) is 0 Å². The summed E-state index contributed by atoms with van der Waals surface area (Å²) < 4.78 is 0. The molecule has 0 radical (unpaired) electrons. The zero-order chi connectivity index (χ0) is 19.5. The van der Waals surface area contributed by atoms with E-state index in [0.717, 1.165) is 28.5 Å². The van der Waals surface area contributed by atoms with Crippen molar-refractivity contribution in [3.8, 4) is 20.9 Å². The minimum atomic E-state index is 0. The number of pyridine rings is 2. The molecule has 0 N–H and O–H groups in total. The maximum absolute atomic E-state index is 4.81. The molecule has 6 heteroatoms. The fraction of sp³-hybridized carbons (Fsp3) is 0. The molecule has 4 aromatic heterocycles. The second-order valence-electron chi connectivity index (χ2n) is 6.37. The van der Waals surface area contributed by atoms with E-state index < -0.39 is 0 Å². The minimum absolute atomic E-state index is 0. The Kier molecular flexibility index (Phi) is 6.53. The van der Waals surface area contributed by atoms with Crippen LogP contribution >= 0.6 is 22.7 Å². The summed E-state index contributed by atoms with van der Waals surface area (Å²) in [5, 5.41) is 4.19. The Morgan fingerprint density at radius 2 is 1.10 bits per heavy atom. The molecule has 3 nitrogen and oxygen atoms in total. The summed E-state index contributed by atoms with van der Waals surface area (Å²) in [5.41, 5.74) is 3.21. The molecule has 1 aromatic carbocycles. The van der Waals surface area contributed by atoms with Gasteiger partial charge in [-0.15, -0.1) is 22.7 Å². The Labute approximate surface area is 198 Å². The molecule has 0 amide bonds. The van der Waals surface area contributed by atoms with Gasteiger partial charge in [-0.3, -0.25) is 4.90 Å². The van der Waals surface area contributed by atoms with Crippen molar-refractivity contribution in [3.05, 3.63) is 102 Å². The Bertz CT molecular complexity index is 1130. The van der Waals surface area contributed by atoms with Gasteiger partial charge >= 0.3 is 21.1 Å². The van der Waals surface area contributed by atoms with Crippen LogP contribution in [0.15, 0.2) is 102 Å². The van der Waals surface area contributed by atoms with E-state index in [1.165, 1.54) is 9.75 Å². The average molecular weight is 607 g/mol. The van der Waals surface area contributed by atoms with E-state index in [2.05, 4.69) is 64.2 Å². The molecule has 0 bridgehead atoms. The van der Waals surface area contributed by atoms with Crippen molar-refractivity contribution >= 4 is 40.0 Å². The Morgan fingerprint density at radius 1 is 0.567 bits per heavy atom. The van der Waals surface area contributed by atoms with Gasteiger partial charge in [-0.05, 0) is 59.3 Å². The van der Waals surface area contributed by atoms with Gasteiger partial charge in [0.2, 0.25) is 0 Å². The van der Waals surface area contributed by atoms with E-state index >= 15 is 0 Å². The number of rotatable bonds is 5. The normalized spacial score (nSPS) is 10.4. The van der Waals surface area contributed by atoms with Crippen LogP contribution in [0.25, 0.3) is 20.9 Å².